The molecule has 0 saturated carbocycles. The minimum atomic E-state index is -4.51. The molecule has 1 atom stereocenters. The van der Waals surface area contributed by atoms with E-state index in [1.807, 2.05) is 0 Å². The Balaban J connectivity index is 3.07. The first-order valence-corrected chi connectivity index (χ1v) is 5.86. The van der Waals surface area contributed by atoms with Crippen LogP contribution in [-0.4, -0.2) is 41.0 Å². The first kappa shape index (κ1) is 14.8. The summed E-state index contributed by atoms with van der Waals surface area (Å²) in [6, 6.07) is -1.09. The van der Waals surface area contributed by atoms with Crippen molar-refractivity contribution < 1.29 is 22.8 Å². The van der Waals surface area contributed by atoms with Crippen LogP contribution in [0.1, 0.15) is 33.6 Å². The van der Waals surface area contributed by atoms with Crippen LogP contribution in [-0.2, 0) is 9.59 Å². The molecule has 0 aromatic rings. The fourth-order valence-corrected chi connectivity index (χ4v) is 2.12. The van der Waals surface area contributed by atoms with Gasteiger partial charge >= 0.3 is 6.18 Å². The first-order chi connectivity index (χ1) is 8.17. The lowest BCUT2D eigenvalue weighted by molar-refractivity contribution is -0.177. The molecular weight excluding hydrogens is 249 g/mol. The van der Waals surface area contributed by atoms with Gasteiger partial charge in [0.15, 0.2) is 0 Å². The number of alkyl halides is 3. The summed E-state index contributed by atoms with van der Waals surface area (Å²) in [6.45, 7) is 3.25. The zero-order valence-corrected chi connectivity index (χ0v) is 10.6. The van der Waals surface area contributed by atoms with Crippen LogP contribution in [0.3, 0.4) is 0 Å². The Labute approximate surface area is 104 Å². The highest BCUT2D eigenvalue weighted by Gasteiger charge is 2.50. The van der Waals surface area contributed by atoms with Crippen LogP contribution < -0.4 is 5.32 Å². The molecule has 1 saturated heterocycles. The second-order valence-corrected chi connectivity index (χ2v) is 4.50. The van der Waals surface area contributed by atoms with Gasteiger partial charge in [0.25, 0.3) is 0 Å². The quantitative estimate of drug-likeness (QED) is 0.840. The lowest BCUT2D eigenvalue weighted by Gasteiger charge is -2.44. The highest BCUT2D eigenvalue weighted by molar-refractivity contribution is 5.99. The van der Waals surface area contributed by atoms with E-state index in [-0.39, 0.29) is 12.8 Å². The summed E-state index contributed by atoms with van der Waals surface area (Å²) in [7, 11) is 0. The van der Waals surface area contributed by atoms with Crippen molar-refractivity contribution in [2.45, 2.75) is 51.4 Å². The molecule has 1 unspecified atom stereocenters. The third-order valence-electron chi connectivity index (χ3n) is 3.44. The molecule has 7 heteroatoms. The highest BCUT2D eigenvalue weighted by atomic mass is 19.4. The monoisotopic (exact) mass is 266 g/mol. The first-order valence-electron chi connectivity index (χ1n) is 5.86. The molecular formula is C11H17F3N2O2. The molecule has 18 heavy (non-hydrogen) atoms. The number of rotatable bonds is 3. The molecule has 1 aliphatic heterocycles. The van der Waals surface area contributed by atoms with Crippen LogP contribution in [0.2, 0.25) is 0 Å². The number of hydrogen-bond acceptors (Lipinski definition) is 2. The molecule has 1 heterocycles. The molecule has 104 valence electrons. The van der Waals surface area contributed by atoms with Gasteiger partial charge in [0.05, 0.1) is 0 Å². The van der Waals surface area contributed by atoms with Gasteiger partial charge < -0.3 is 10.2 Å². The van der Waals surface area contributed by atoms with E-state index in [1.165, 1.54) is 6.92 Å². The van der Waals surface area contributed by atoms with Crippen LogP contribution in [0.5, 0.6) is 0 Å². The highest BCUT2D eigenvalue weighted by Crippen LogP contribution is 2.28. The standard InChI is InChI=1S/C11H17F3N2O2/c1-4-10(5-2)9(18)16(6-11(12,13)14)7(3)8(17)15-10/h7H,4-6H2,1-3H3,(H,15,17). The summed E-state index contributed by atoms with van der Waals surface area (Å²) in [4.78, 5) is 24.5. The Hall–Kier alpha value is -1.27. The summed E-state index contributed by atoms with van der Waals surface area (Å²) in [5.41, 5.74) is -1.20. The zero-order chi connectivity index (χ0) is 14.1. The predicted octanol–water partition coefficient (Wildman–Crippen LogP) is 1.45. The molecule has 1 fully saturated rings. The average molecular weight is 266 g/mol. The summed E-state index contributed by atoms with van der Waals surface area (Å²) in [5, 5.41) is 2.55. The average Bonchev–Trinajstić information content (AvgIpc) is 2.28. The van der Waals surface area contributed by atoms with E-state index < -0.39 is 36.1 Å². The van der Waals surface area contributed by atoms with Gasteiger partial charge in [-0.2, -0.15) is 13.2 Å². The predicted molar refractivity (Wildman–Crippen MR) is 58.7 cm³/mol. The van der Waals surface area contributed by atoms with E-state index in [4.69, 9.17) is 0 Å². The molecule has 2 amide bonds. The topological polar surface area (TPSA) is 49.4 Å². The number of carbonyl (C=O) groups is 2. The Morgan fingerprint density at radius 1 is 1.28 bits per heavy atom. The van der Waals surface area contributed by atoms with Crippen LogP contribution in [0.25, 0.3) is 0 Å². The zero-order valence-electron chi connectivity index (χ0n) is 10.6. The maximum atomic E-state index is 12.4. The van der Waals surface area contributed by atoms with Gasteiger partial charge in [0, 0.05) is 0 Å². The van der Waals surface area contributed by atoms with Crippen LogP contribution in [0.15, 0.2) is 0 Å². The molecule has 1 N–H and O–H groups in total. The largest absolute Gasteiger partial charge is 0.406 e. The van der Waals surface area contributed by atoms with Crippen LogP contribution in [0.4, 0.5) is 13.2 Å². The molecule has 0 bridgehead atoms. The molecule has 0 aliphatic carbocycles. The van der Waals surface area contributed by atoms with Crippen molar-refractivity contribution in [3.63, 3.8) is 0 Å². The maximum absolute atomic E-state index is 12.4. The van der Waals surface area contributed by atoms with Crippen molar-refractivity contribution >= 4 is 11.8 Å². The number of amides is 2. The van der Waals surface area contributed by atoms with E-state index in [2.05, 4.69) is 5.32 Å². The van der Waals surface area contributed by atoms with Crippen molar-refractivity contribution in [3.8, 4) is 0 Å². The molecule has 1 aliphatic rings. The van der Waals surface area contributed by atoms with Crippen molar-refractivity contribution in [1.82, 2.24) is 10.2 Å². The number of nitrogens with one attached hydrogen (secondary N) is 1. The Morgan fingerprint density at radius 3 is 2.17 bits per heavy atom. The molecule has 0 radical (unpaired) electrons. The van der Waals surface area contributed by atoms with E-state index in [0.29, 0.717) is 4.90 Å². The molecule has 0 spiro atoms. The number of carbonyl (C=O) groups excluding carboxylic acids is 2. The normalized spacial score (nSPS) is 24.1. The van der Waals surface area contributed by atoms with Crippen molar-refractivity contribution in [3.05, 3.63) is 0 Å². The van der Waals surface area contributed by atoms with Crippen molar-refractivity contribution in [2.24, 2.45) is 0 Å². The summed E-state index contributed by atoms with van der Waals surface area (Å²) in [5.74, 6) is -1.19. The van der Waals surface area contributed by atoms with Crippen molar-refractivity contribution in [1.29, 1.82) is 0 Å². The van der Waals surface area contributed by atoms with Gasteiger partial charge in [-0.1, -0.05) is 13.8 Å². The SMILES string of the molecule is CCC1(CC)NC(=O)C(C)N(CC(F)(F)F)C1=O. The van der Waals surface area contributed by atoms with Gasteiger partial charge in [-0.3, -0.25) is 9.59 Å². The van der Waals surface area contributed by atoms with E-state index in [9.17, 15) is 22.8 Å². The van der Waals surface area contributed by atoms with E-state index in [0.717, 1.165) is 0 Å². The molecule has 0 aromatic carbocycles. The molecule has 4 nitrogen and oxygen atoms in total. The number of nitrogens with zero attached hydrogens (tertiary/aromatic N) is 1. The lowest BCUT2D eigenvalue weighted by atomic mass is 9.87. The van der Waals surface area contributed by atoms with Crippen molar-refractivity contribution in [2.75, 3.05) is 6.54 Å². The second kappa shape index (κ2) is 4.78. The van der Waals surface area contributed by atoms with Gasteiger partial charge in [-0.25, -0.2) is 0 Å². The molecule has 0 aromatic heterocycles. The fraction of sp³-hybridized carbons (Fsp3) is 0.818. The molecule has 1 rings (SSSR count). The van der Waals surface area contributed by atoms with Crippen LogP contribution in [0, 0.1) is 0 Å². The summed E-state index contributed by atoms with van der Waals surface area (Å²) < 4.78 is 37.3. The third-order valence-corrected chi connectivity index (χ3v) is 3.44. The smallest absolute Gasteiger partial charge is 0.340 e. The Kier molecular flexibility index (Phi) is 3.92. The lowest BCUT2D eigenvalue weighted by Crippen LogP contribution is -2.70. The van der Waals surface area contributed by atoms with Crippen LogP contribution >= 0.6 is 0 Å². The van der Waals surface area contributed by atoms with Gasteiger partial charge in [0.1, 0.15) is 18.1 Å². The minimum Gasteiger partial charge on any atom is -0.340 e. The number of piperazine rings is 1. The Morgan fingerprint density at radius 2 is 1.78 bits per heavy atom. The number of halogens is 3. The van der Waals surface area contributed by atoms with Gasteiger partial charge in [0.2, 0.25) is 11.8 Å². The van der Waals surface area contributed by atoms with Gasteiger partial charge in [-0.15, -0.1) is 0 Å². The number of hydrogen-bond donors (Lipinski definition) is 1. The van der Waals surface area contributed by atoms with Gasteiger partial charge in [-0.05, 0) is 19.8 Å². The summed E-state index contributed by atoms with van der Waals surface area (Å²) in [6.07, 6.45) is -3.96. The fourth-order valence-electron chi connectivity index (χ4n) is 2.12. The Bertz CT molecular complexity index is 351. The maximum Gasteiger partial charge on any atom is 0.406 e. The van der Waals surface area contributed by atoms with E-state index in [1.54, 1.807) is 13.8 Å². The van der Waals surface area contributed by atoms with E-state index >= 15 is 0 Å². The summed E-state index contributed by atoms with van der Waals surface area (Å²) >= 11 is 0. The second-order valence-electron chi connectivity index (χ2n) is 4.50. The minimum absolute atomic E-state index is 0.273. The third kappa shape index (κ3) is 2.59.